The van der Waals surface area contributed by atoms with Crippen molar-refractivity contribution in [2.24, 2.45) is 0 Å². The summed E-state index contributed by atoms with van der Waals surface area (Å²) < 4.78 is 0. The van der Waals surface area contributed by atoms with Crippen LogP contribution in [0.25, 0.3) is 0 Å². The summed E-state index contributed by atoms with van der Waals surface area (Å²) in [5, 5.41) is 0. The molecule has 0 aliphatic carbocycles. The Balaban J connectivity index is 0.000000180. The van der Waals surface area contributed by atoms with Crippen molar-refractivity contribution in [3.8, 4) is 0 Å². The van der Waals surface area contributed by atoms with Crippen LogP contribution >= 0.6 is 0 Å². The number of nitrogens with zero attached hydrogens (tertiary/aromatic N) is 2. The first-order chi connectivity index (χ1) is 8.86. The highest BCUT2D eigenvalue weighted by Gasteiger charge is 2.09. The largest absolute Gasteiger partial charge is 0.303 e. The van der Waals surface area contributed by atoms with Crippen LogP contribution < -0.4 is 0 Å². The van der Waals surface area contributed by atoms with Gasteiger partial charge >= 0.3 is 0 Å². The first-order valence-corrected chi connectivity index (χ1v) is 8.31. The van der Waals surface area contributed by atoms with Gasteiger partial charge in [0, 0.05) is 0 Å². The normalized spacial score (nSPS) is 21.7. The molecule has 0 radical (unpaired) electrons. The van der Waals surface area contributed by atoms with E-state index < -0.39 is 0 Å². The minimum Gasteiger partial charge on any atom is -0.303 e. The highest BCUT2D eigenvalue weighted by Crippen LogP contribution is 2.08. The number of hydrogen-bond acceptors (Lipinski definition) is 2. The number of hydrogen-bond donors (Lipinski definition) is 0. The lowest BCUT2D eigenvalue weighted by atomic mass is 10.1. The predicted molar refractivity (Wildman–Crippen MR) is 81.2 cm³/mol. The van der Waals surface area contributed by atoms with Gasteiger partial charge in [-0.3, -0.25) is 0 Å². The molecule has 2 aliphatic rings. The zero-order valence-electron chi connectivity index (χ0n) is 12.8. The fourth-order valence-corrected chi connectivity index (χ4v) is 2.89. The second kappa shape index (κ2) is 10.8. The van der Waals surface area contributed by atoms with Crippen LogP contribution in [0.5, 0.6) is 0 Å². The van der Waals surface area contributed by atoms with Gasteiger partial charge in [-0.2, -0.15) is 0 Å². The molecule has 2 nitrogen and oxygen atoms in total. The maximum Gasteiger partial charge on any atom is -0.00183 e. The molecule has 108 valence electrons. The fourth-order valence-electron chi connectivity index (χ4n) is 2.89. The Morgan fingerprint density at radius 3 is 1.61 bits per heavy atom. The second-order valence-electron chi connectivity index (χ2n) is 5.80. The highest BCUT2D eigenvalue weighted by atomic mass is 15.1. The van der Waals surface area contributed by atoms with E-state index in [0.29, 0.717) is 0 Å². The van der Waals surface area contributed by atoms with Crippen molar-refractivity contribution in [1.29, 1.82) is 0 Å². The first-order valence-electron chi connectivity index (χ1n) is 8.31. The lowest BCUT2D eigenvalue weighted by molar-refractivity contribution is 0.229. The first kappa shape index (κ1) is 16.0. The van der Waals surface area contributed by atoms with Crippen molar-refractivity contribution in [2.75, 3.05) is 39.3 Å². The molecule has 0 saturated carbocycles. The van der Waals surface area contributed by atoms with Crippen LogP contribution in [0.3, 0.4) is 0 Å². The van der Waals surface area contributed by atoms with E-state index in [1.54, 1.807) is 0 Å². The molecule has 2 heteroatoms. The average Bonchev–Trinajstić information content (AvgIpc) is 2.92. The smallest absolute Gasteiger partial charge is 0.00183 e. The van der Waals surface area contributed by atoms with E-state index in [0.717, 1.165) is 0 Å². The third-order valence-corrected chi connectivity index (χ3v) is 4.02. The highest BCUT2D eigenvalue weighted by molar-refractivity contribution is 4.65. The molecule has 18 heavy (non-hydrogen) atoms. The molecule has 0 bridgehead atoms. The van der Waals surface area contributed by atoms with Crippen LogP contribution in [0, 0.1) is 0 Å². The molecule has 0 spiro atoms. The lowest BCUT2D eigenvalue weighted by Crippen LogP contribution is -2.30. The van der Waals surface area contributed by atoms with Gasteiger partial charge in [0.25, 0.3) is 0 Å². The van der Waals surface area contributed by atoms with Crippen LogP contribution in [0.1, 0.15) is 65.2 Å². The molecule has 2 rings (SSSR count). The quantitative estimate of drug-likeness (QED) is 0.737. The zero-order chi connectivity index (χ0) is 13.1. The molecular formula is C16H34N2. The van der Waals surface area contributed by atoms with Crippen molar-refractivity contribution in [2.45, 2.75) is 65.2 Å². The SMILES string of the molecule is CCCCN1CCCC1.CCCN1CCCCC1. The molecule has 0 atom stereocenters. The third-order valence-electron chi connectivity index (χ3n) is 4.02. The molecular weight excluding hydrogens is 220 g/mol. The summed E-state index contributed by atoms with van der Waals surface area (Å²) in [5.41, 5.74) is 0. The van der Waals surface area contributed by atoms with Gasteiger partial charge in [-0.05, 0) is 77.8 Å². The summed E-state index contributed by atoms with van der Waals surface area (Å²) in [6, 6.07) is 0. The van der Waals surface area contributed by atoms with Crippen molar-refractivity contribution in [1.82, 2.24) is 9.80 Å². The maximum absolute atomic E-state index is 2.57. The Morgan fingerprint density at radius 2 is 1.11 bits per heavy atom. The minimum atomic E-state index is 1.32. The molecule has 2 heterocycles. The van der Waals surface area contributed by atoms with Crippen LogP contribution in [-0.4, -0.2) is 49.1 Å². The number of piperidine rings is 1. The van der Waals surface area contributed by atoms with Crippen molar-refractivity contribution in [3.05, 3.63) is 0 Å². The summed E-state index contributed by atoms with van der Waals surface area (Å²) in [7, 11) is 0. The average molecular weight is 254 g/mol. The van der Waals surface area contributed by atoms with Crippen molar-refractivity contribution < 1.29 is 0 Å². The maximum atomic E-state index is 2.57. The van der Waals surface area contributed by atoms with E-state index in [9.17, 15) is 0 Å². The summed E-state index contributed by atoms with van der Waals surface area (Å²) in [5.74, 6) is 0. The number of rotatable bonds is 5. The van der Waals surface area contributed by atoms with Gasteiger partial charge in [-0.25, -0.2) is 0 Å². The van der Waals surface area contributed by atoms with Crippen molar-refractivity contribution >= 4 is 0 Å². The van der Waals surface area contributed by atoms with Crippen LogP contribution in [0.2, 0.25) is 0 Å². The van der Waals surface area contributed by atoms with E-state index >= 15 is 0 Å². The topological polar surface area (TPSA) is 6.48 Å². The zero-order valence-corrected chi connectivity index (χ0v) is 12.8. The fraction of sp³-hybridized carbons (Fsp3) is 1.00. The molecule has 0 aromatic carbocycles. The number of likely N-dealkylation sites (tertiary alicyclic amines) is 2. The Labute approximate surface area is 115 Å². The van der Waals surface area contributed by atoms with E-state index in [1.165, 1.54) is 90.6 Å². The van der Waals surface area contributed by atoms with Gasteiger partial charge in [0.1, 0.15) is 0 Å². The standard InChI is InChI=1S/2C8H17N/c1-2-6-9-7-4-3-5-8-9;1-2-3-6-9-7-4-5-8-9/h2*2-8H2,1H3. The van der Waals surface area contributed by atoms with Gasteiger partial charge in [-0.1, -0.05) is 26.7 Å². The monoisotopic (exact) mass is 254 g/mol. The molecule has 2 fully saturated rings. The number of unbranched alkanes of at least 4 members (excludes halogenated alkanes) is 1. The Kier molecular flexibility index (Phi) is 9.59. The summed E-state index contributed by atoms with van der Waals surface area (Å²) in [6.07, 6.45) is 11.2. The van der Waals surface area contributed by atoms with E-state index in [4.69, 9.17) is 0 Å². The Bertz CT molecular complexity index is 167. The molecule has 2 saturated heterocycles. The molecule has 0 amide bonds. The van der Waals surface area contributed by atoms with Gasteiger partial charge in [-0.15, -0.1) is 0 Å². The van der Waals surface area contributed by atoms with Gasteiger partial charge in [0.05, 0.1) is 0 Å². The molecule has 0 N–H and O–H groups in total. The van der Waals surface area contributed by atoms with Crippen LogP contribution in [-0.2, 0) is 0 Å². The molecule has 0 unspecified atom stereocenters. The van der Waals surface area contributed by atoms with Crippen molar-refractivity contribution in [3.63, 3.8) is 0 Å². The summed E-state index contributed by atoms with van der Waals surface area (Å²) in [4.78, 5) is 5.15. The summed E-state index contributed by atoms with van der Waals surface area (Å²) >= 11 is 0. The van der Waals surface area contributed by atoms with Gasteiger partial charge in [0.15, 0.2) is 0 Å². The predicted octanol–water partition coefficient (Wildman–Crippen LogP) is 3.76. The Morgan fingerprint density at radius 1 is 0.611 bits per heavy atom. The van der Waals surface area contributed by atoms with Crippen LogP contribution in [0.4, 0.5) is 0 Å². The summed E-state index contributed by atoms with van der Waals surface area (Å²) in [6.45, 7) is 12.6. The molecule has 0 aromatic heterocycles. The lowest BCUT2D eigenvalue weighted by Gasteiger charge is -2.25. The molecule has 2 aliphatic heterocycles. The van der Waals surface area contributed by atoms with Gasteiger partial charge < -0.3 is 9.80 Å². The van der Waals surface area contributed by atoms with E-state index in [1.807, 2.05) is 0 Å². The second-order valence-corrected chi connectivity index (χ2v) is 5.80. The third kappa shape index (κ3) is 7.38. The Hall–Kier alpha value is -0.0800. The van der Waals surface area contributed by atoms with Crippen LogP contribution in [0.15, 0.2) is 0 Å². The molecule has 0 aromatic rings. The van der Waals surface area contributed by atoms with E-state index in [-0.39, 0.29) is 0 Å². The minimum absolute atomic E-state index is 1.32. The van der Waals surface area contributed by atoms with E-state index in [2.05, 4.69) is 23.6 Å². The van der Waals surface area contributed by atoms with Gasteiger partial charge in [0.2, 0.25) is 0 Å².